The molecule has 86 valence electrons. The highest BCUT2D eigenvalue weighted by Gasteiger charge is 1.98. The fourth-order valence-corrected chi connectivity index (χ4v) is 1.87. The fraction of sp³-hybridized carbons (Fsp3) is 0. The van der Waals surface area contributed by atoms with Gasteiger partial charge in [-0.3, -0.25) is 4.99 Å². The summed E-state index contributed by atoms with van der Waals surface area (Å²) in [5, 5.41) is 1.21. The molecule has 0 aliphatic carbocycles. The smallest absolute Gasteiger partial charge is 0.0830 e. The first kappa shape index (κ1) is 12.6. The zero-order valence-corrected chi connectivity index (χ0v) is 11.8. The van der Waals surface area contributed by atoms with Gasteiger partial charge in [-0.1, -0.05) is 51.3 Å². The SMILES string of the molecule is Clc1ccc(Cl)c(N=Cc2ccc(Br)cc2)c1. The summed E-state index contributed by atoms with van der Waals surface area (Å²) in [5.74, 6) is 0. The molecule has 0 saturated carbocycles. The molecule has 0 atom stereocenters. The van der Waals surface area contributed by atoms with Gasteiger partial charge in [-0.15, -0.1) is 0 Å². The number of rotatable bonds is 2. The van der Waals surface area contributed by atoms with E-state index in [0.29, 0.717) is 15.7 Å². The quantitative estimate of drug-likeness (QED) is 0.645. The van der Waals surface area contributed by atoms with Crippen molar-refractivity contribution in [3.8, 4) is 0 Å². The van der Waals surface area contributed by atoms with E-state index in [1.165, 1.54) is 0 Å². The largest absolute Gasteiger partial charge is 0.255 e. The lowest BCUT2D eigenvalue weighted by Gasteiger charge is -1.98. The lowest BCUT2D eigenvalue weighted by Crippen LogP contribution is -1.79. The van der Waals surface area contributed by atoms with Gasteiger partial charge in [-0.2, -0.15) is 0 Å². The number of hydrogen-bond acceptors (Lipinski definition) is 1. The van der Waals surface area contributed by atoms with Crippen LogP contribution in [0.15, 0.2) is 51.9 Å². The van der Waals surface area contributed by atoms with Gasteiger partial charge >= 0.3 is 0 Å². The minimum absolute atomic E-state index is 0.586. The molecule has 0 aliphatic rings. The molecule has 4 heteroatoms. The van der Waals surface area contributed by atoms with E-state index in [1.54, 1.807) is 24.4 Å². The van der Waals surface area contributed by atoms with E-state index >= 15 is 0 Å². The van der Waals surface area contributed by atoms with Crippen LogP contribution in [0.2, 0.25) is 10.0 Å². The van der Waals surface area contributed by atoms with Crippen molar-refractivity contribution < 1.29 is 0 Å². The standard InChI is InChI=1S/C13H8BrCl2N/c14-10-3-1-9(2-4-10)8-17-13-7-11(15)5-6-12(13)16/h1-8H. The van der Waals surface area contributed by atoms with E-state index in [4.69, 9.17) is 23.2 Å². The second kappa shape index (κ2) is 5.67. The van der Waals surface area contributed by atoms with Crippen molar-refractivity contribution in [1.82, 2.24) is 0 Å². The minimum atomic E-state index is 0.586. The molecule has 0 amide bonds. The first-order valence-electron chi connectivity index (χ1n) is 4.90. The molecule has 0 unspecified atom stereocenters. The van der Waals surface area contributed by atoms with E-state index in [-0.39, 0.29) is 0 Å². The first-order valence-corrected chi connectivity index (χ1v) is 6.45. The molecule has 0 heterocycles. The highest BCUT2D eigenvalue weighted by Crippen LogP contribution is 2.27. The van der Waals surface area contributed by atoms with E-state index in [0.717, 1.165) is 10.0 Å². The molecule has 2 aromatic carbocycles. The second-order valence-electron chi connectivity index (χ2n) is 3.41. The van der Waals surface area contributed by atoms with Crippen LogP contribution >= 0.6 is 39.1 Å². The zero-order chi connectivity index (χ0) is 12.3. The Morgan fingerprint density at radius 3 is 2.41 bits per heavy atom. The van der Waals surface area contributed by atoms with Crippen molar-refractivity contribution in [3.05, 3.63) is 62.5 Å². The maximum atomic E-state index is 6.01. The molecule has 2 rings (SSSR count). The Labute approximate surface area is 118 Å². The van der Waals surface area contributed by atoms with Crippen LogP contribution < -0.4 is 0 Å². The van der Waals surface area contributed by atoms with Gasteiger partial charge < -0.3 is 0 Å². The lowest BCUT2D eigenvalue weighted by atomic mass is 10.2. The Balaban J connectivity index is 2.25. The van der Waals surface area contributed by atoms with Crippen LogP contribution in [-0.2, 0) is 0 Å². The number of hydrogen-bond donors (Lipinski definition) is 0. The van der Waals surface area contributed by atoms with Crippen LogP contribution in [0.3, 0.4) is 0 Å². The van der Waals surface area contributed by atoms with E-state index in [9.17, 15) is 0 Å². The van der Waals surface area contributed by atoms with Crippen molar-refractivity contribution in [2.24, 2.45) is 4.99 Å². The summed E-state index contributed by atoms with van der Waals surface area (Å²) in [6.07, 6.45) is 1.75. The maximum absolute atomic E-state index is 6.01. The van der Waals surface area contributed by atoms with E-state index in [2.05, 4.69) is 20.9 Å². The molecule has 0 aliphatic heterocycles. The molecule has 0 N–H and O–H groups in total. The minimum Gasteiger partial charge on any atom is -0.255 e. The second-order valence-corrected chi connectivity index (χ2v) is 5.16. The third kappa shape index (κ3) is 3.56. The van der Waals surface area contributed by atoms with Gasteiger partial charge in [0.15, 0.2) is 0 Å². The Bertz CT molecular complexity index is 550. The van der Waals surface area contributed by atoms with E-state index < -0.39 is 0 Å². The topological polar surface area (TPSA) is 12.4 Å². The molecule has 0 fully saturated rings. The van der Waals surface area contributed by atoms with Gasteiger partial charge in [-0.25, -0.2) is 0 Å². The number of aliphatic imine (C=N–C) groups is 1. The van der Waals surface area contributed by atoms with Crippen LogP contribution in [-0.4, -0.2) is 6.21 Å². The van der Waals surface area contributed by atoms with E-state index in [1.807, 2.05) is 24.3 Å². The predicted molar refractivity (Wildman–Crippen MR) is 77.9 cm³/mol. The fourth-order valence-electron chi connectivity index (χ4n) is 1.28. The van der Waals surface area contributed by atoms with Gasteiger partial charge in [0, 0.05) is 15.7 Å². The molecule has 0 radical (unpaired) electrons. The molecule has 0 saturated heterocycles. The summed E-state index contributed by atoms with van der Waals surface area (Å²) in [6.45, 7) is 0. The molecule has 0 bridgehead atoms. The summed E-state index contributed by atoms with van der Waals surface area (Å²) < 4.78 is 1.04. The van der Waals surface area contributed by atoms with Gasteiger partial charge in [-0.05, 0) is 35.9 Å². The normalized spacial score (nSPS) is 11.0. The van der Waals surface area contributed by atoms with Gasteiger partial charge in [0.2, 0.25) is 0 Å². The maximum Gasteiger partial charge on any atom is 0.0830 e. The number of benzene rings is 2. The predicted octanol–water partition coefficient (Wildman–Crippen LogP) is 5.51. The average Bonchev–Trinajstić information content (AvgIpc) is 2.32. The molecule has 17 heavy (non-hydrogen) atoms. The molecule has 2 aromatic rings. The summed E-state index contributed by atoms with van der Waals surface area (Å²) in [7, 11) is 0. The van der Waals surface area contributed by atoms with Crippen molar-refractivity contribution in [1.29, 1.82) is 0 Å². The van der Waals surface area contributed by atoms with Crippen LogP contribution in [0.1, 0.15) is 5.56 Å². The monoisotopic (exact) mass is 327 g/mol. The van der Waals surface area contributed by atoms with Crippen molar-refractivity contribution in [3.63, 3.8) is 0 Å². The van der Waals surface area contributed by atoms with Gasteiger partial charge in [0.25, 0.3) is 0 Å². The van der Waals surface area contributed by atoms with Crippen LogP contribution in [0.25, 0.3) is 0 Å². The summed E-state index contributed by atoms with van der Waals surface area (Å²) >= 11 is 15.3. The molecular weight excluding hydrogens is 321 g/mol. The van der Waals surface area contributed by atoms with Crippen LogP contribution in [0.4, 0.5) is 5.69 Å². The van der Waals surface area contributed by atoms with Gasteiger partial charge in [0.1, 0.15) is 0 Å². The van der Waals surface area contributed by atoms with Crippen molar-refractivity contribution in [2.75, 3.05) is 0 Å². The summed E-state index contributed by atoms with van der Waals surface area (Å²) in [4.78, 5) is 4.31. The average molecular weight is 329 g/mol. The zero-order valence-electron chi connectivity index (χ0n) is 8.70. The third-order valence-electron chi connectivity index (χ3n) is 2.13. The Morgan fingerprint density at radius 1 is 1.00 bits per heavy atom. The molecule has 1 nitrogen and oxygen atoms in total. The summed E-state index contributed by atoms with van der Waals surface area (Å²) in [6, 6.07) is 13.1. The highest BCUT2D eigenvalue weighted by atomic mass is 79.9. The molecule has 0 spiro atoms. The Morgan fingerprint density at radius 2 is 1.71 bits per heavy atom. The third-order valence-corrected chi connectivity index (χ3v) is 3.21. The van der Waals surface area contributed by atoms with Crippen LogP contribution in [0.5, 0.6) is 0 Å². The summed E-state index contributed by atoms with van der Waals surface area (Å²) in [5.41, 5.74) is 1.67. The Kier molecular flexibility index (Phi) is 4.21. The van der Waals surface area contributed by atoms with Crippen LogP contribution in [0, 0.1) is 0 Å². The Hall–Kier alpha value is -0.830. The highest BCUT2D eigenvalue weighted by molar-refractivity contribution is 9.10. The number of halogens is 3. The first-order chi connectivity index (χ1) is 8.15. The number of nitrogens with zero attached hydrogens (tertiary/aromatic N) is 1. The molecule has 0 aromatic heterocycles. The van der Waals surface area contributed by atoms with Crippen molar-refractivity contribution >= 4 is 51.0 Å². The van der Waals surface area contributed by atoms with Gasteiger partial charge in [0.05, 0.1) is 10.7 Å². The van der Waals surface area contributed by atoms with Crippen molar-refractivity contribution in [2.45, 2.75) is 0 Å². The lowest BCUT2D eigenvalue weighted by molar-refractivity contribution is 1.52. The molecular formula is C13H8BrCl2N.